The molecule has 1 N–H and O–H groups in total. The van der Waals surface area contributed by atoms with E-state index in [0.29, 0.717) is 23.3 Å². The Morgan fingerprint density at radius 1 is 1.44 bits per heavy atom. The highest BCUT2D eigenvalue weighted by atomic mass is 19.1. The van der Waals surface area contributed by atoms with Crippen LogP contribution in [0.3, 0.4) is 0 Å². The van der Waals surface area contributed by atoms with Crippen LogP contribution in [0.25, 0.3) is 0 Å². The molecule has 100 valence electrons. The standard InChI is InChI=1S/C14H21FN2O/c1-10-5-3-4-6-12(10)17(2)14-13(15)11(9-18)7-8-16-14/h7-8,10,12,18H,3-6,9H2,1-2H3. The van der Waals surface area contributed by atoms with Crippen LogP contribution in [-0.4, -0.2) is 23.2 Å². The van der Waals surface area contributed by atoms with Gasteiger partial charge in [0.05, 0.1) is 6.61 Å². The first-order valence-corrected chi connectivity index (χ1v) is 6.62. The van der Waals surface area contributed by atoms with Crippen LogP contribution in [0.2, 0.25) is 0 Å². The molecule has 0 amide bonds. The van der Waals surface area contributed by atoms with Crippen LogP contribution < -0.4 is 4.90 Å². The van der Waals surface area contributed by atoms with Gasteiger partial charge < -0.3 is 10.0 Å². The summed E-state index contributed by atoms with van der Waals surface area (Å²) in [6.45, 7) is 1.93. The fourth-order valence-corrected chi connectivity index (χ4v) is 2.87. The number of aliphatic hydroxyl groups excluding tert-OH is 1. The first kappa shape index (κ1) is 13.3. The average Bonchev–Trinajstić information content (AvgIpc) is 2.39. The molecular weight excluding hydrogens is 231 g/mol. The van der Waals surface area contributed by atoms with E-state index in [4.69, 9.17) is 5.11 Å². The summed E-state index contributed by atoms with van der Waals surface area (Å²) in [5.74, 6) is 0.531. The summed E-state index contributed by atoms with van der Waals surface area (Å²) in [5.41, 5.74) is 0.315. The predicted molar refractivity (Wildman–Crippen MR) is 69.9 cm³/mol. The quantitative estimate of drug-likeness (QED) is 0.898. The number of aromatic nitrogens is 1. The summed E-state index contributed by atoms with van der Waals surface area (Å²) in [6.07, 6.45) is 6.30. The van der Waals surface area contributed by atoms with Crippen LogP contribution in [0, 0.1) is 11.7 Å². The van der Waals surface area contributed by atoms with E-state index in [9.17, 15) is 4.39 Å². The van der Waals surface area contributed by atoms with Crippen LogP contribution in [0.1, 0.15) is 38.2 Å². The zero-order valence-electron chi connectivity index (χ0n) is 11.1. The van der Waals surface area contributed by atoms with Crippen molar-refractivity contribution in [1.29, 1.82) is 0 Å². The summed E-state index contributed by atoms with van der Waals surface area (Å²) in [6, 6.07) is 1.87. The van der Waals surface area contributed by atoms with Gasteiger partial charge in [-0.2, -0.15) is 0 Å². The topological polar surface area (TPSA) is 36.4 Å². The lowest BCUT2D eigenvalue weighted by Crippen LogP contribution is -2.40. The van der Waals surface area contributed by atoms with E-state index < -0.39 is 0 Å². The molecule has 1 aliphatic rings. The molecule has 1 aromatic heterocycles. The van der Waals surface area contributed by atoms with Gasteiger partial charge in [-0.25, -0.2) is 9.37 Å². The largest absolute Gasteiger partial charge is 0.392 e. The van der Waals surface area contributed by atoms with E-state index in [-0.39, 0.29) is 12.4 Å². The molecule has 1 aliphatic carbocycles. The second-order valence-corrected chi connectivity index (χ2v) is 5.21. The van der Waals surface area contributed by atoms with Gasteiger partial charge in [-0.3, -0.25) is 0 Å². The maximum atomic E-state index is 14.1. The molecule has 4 heteroatoms. The van der Waals surface area contributed by atoms with Crippen molar-refractivity contribution >= 4 is 5.82 Å². The van der Waals surface area contributed by atoms with Gasteiger partial charge in [0.15, 0.2) is 11.6 Å². The molecule has 0 saturated heterocycles. The smallest absolute Gasteiger partial charge is 0.171 e. The van der Waals surface area contributed by atoms with Gasteiger partial charge in [-0.15, -0.1) is 0 Å². The minimum atomic E-state index is -0.389. The molecular formula is C14H21FN2O. The minimum Gasteiger partial charge on any atom is -0.392 e. The Morgan fingerprint density at radius 2 is 2.17 bits per heavy atom. The molecule has 0 bridgehead atoms. The van der Waals surface area contributed by atoms with Gasteiger partial charge in [0.2, 0.25) is 0 Å². The zero-order chi connectivity index (χ0) is 13.1. The molecule has 1 aromatic rings. The highest BCUT2D eigenvalue weighted by Gasteiger charge is 2.27. The van der Waals surface area contributed by atoms with E-state index >= 15 is 0 Å². The summed E-state index contributed by atoms with van der Waals surface area (Å²) < 4.78 is 14.1. The second-order valence-electron chi connectivity index (χ2n) is 5.21. The molecule has 2 unspecified atom stereocenters. The first-order valence-electron chi connectivity index (χ1n) is 6.62. The minimum absolute atomic E-state index is 0.282. The van der Waals surface area contributed by atoms with Crippen molar-refractivity contribution in [1.82, 2.24) is 4.98 Å². The lowest BCUT2D eigenvalue weighted by atomic mass is 9.85. The van der Waals surface area contributed by atoms with Crippen molar-refractivity contribution in [3.05, 3.63) is 23.6 Å². The molecule has 0 aromatic carbocycles. The molecule has 18 heavy (non-hydrogen) atoms. The highest BCUT2D eigenvalue weighted by Crippen LogP contribution is 2.31. The molecule has 1 saturated carbocycles. The Labute approximate surface area is 108 Å². The molecule has 3 nitrogen and oxygen atoms in total. The number of anilines is 1. The lowest BCUT2D eigenvalue weighted by Gasteiger charge is -2.37. The van der Waals surface area contributed by atoms with E-state index in [1.165, 1.54) is 25.3 Å². The normalized spacial score (nSPS) is 24.0. The summed E-state index contributed by atoms with van der Waals surface area (Å²) >= 11 is 0. The maximum Gasteiger partial charge on any atom is 0.171 e. The lowest BCUT2D eigenvalue weighted by molar-refractivity contribution is 0.275. The Kier molecular flexibility index (Phi) is 4.17. The van der Waals surface area contributed by atoms with Crippen molar-refractivity contribution in [2.75, 3.05) is 11.9 Å². The van der Waals surface area contributed by atoms with Gasteiger partial charge in [-0.1, -0.05) is 19.8 Å². The van der Waals surface area contributed by atoms with Crippen molar-refractivity contribution in [2.45, 2.75) is 45.3 Å². The number of halogens is 1. The fraction of sp³-hybridized carbons (Fsp3) is 0.643. The number of rotatable bonds is 3. The van der Waals surface area contributed by atoms with Crippen LogP contribution in [0.5, 0.6) is 0 Å². The van der Waals surface area contributed by atoms with Crippen molar-refractivity contribution in [2.24, 2.45) is 5.92 Å². The SMILES string of the molecule is CC1CCCCC1N(C)c1nccc(CO)c1F. The van der Waals surface area contributed by atoms with E-state index in [1.54, 1.807) is 6.20 Å². The van der Waals surface area contributed by atoms with Crippen molar-refractivity contribution in [3.63, 3.8) is 0 Å². The Balaban J connectivity index is 2.24. The van der Waals surface area contributed by atoms with E-state index in [1.807, 2.05) is 11.9 Å². The van der Waals surface area contributed by atoms with Crippen molar-refractivity contribution in [3.8, 4) is 0 Å². The summed E-state index contributed by atoms with van der Waals surface area (Å²) in [7, 11) is 1.90. The molecule has 0 spiro atoms. The third-order valence-corrected chi connectivity index (χ3v) is 4.02. The van der Waals surface area contributed by atoms with Crippen molar-refractivity contribution < 1.29 is 9.50 Å². The highest BCUT2D eigenvalue weighted by molar-refractivity contribution is 5.43. The third kappa shape index (κ3) is 2.48. The fourth-order valence-electron chi connectivity index (χ4n) is 2.87. The molecule has 0 radical (unpaired) electrons. The first-order chi connectivity index (χ1) is 8.65. The predicted octanol–water partition coefficient (Wildman–Crippen LogP) is 2.73. The van der Waals surface area contributed by atoms with Crippen LogP contribution in [0.4, 0.5) is 10.2 Å². The van der Waals surface area contributed by atoms with Gasteiger partial charge >= 0.3 is 0 Å². The number of hydrogen-bond donors (Lipinski definition) is 1. The van der Waals surface area contributed by atoms with Gasteiger partial charge in [0.25, 0.3) is 0 Å². The van der Waals surface area contributed by atoms with Crippen LogP contribution >= 0.6 is 0 Å². The second kappa shape index (κ2) is 5.65. The maximum absolute atomic E-state index is 14.1. The number of nitrogens with zero attached hydrogens (tertiary/aromatic N) is 2. The van der Waals surface area contributed by atoms with Crippen LogP contribution in [0.15, 0.2) is 12.3 Å². The zero-order valence-corrected chi connectivity index (χ0v) is 11.1. The number of aliphatic hydroxyl groups is 1. The van der Waals surface area contributed by atoms with Crippen LogP contribution in [-0.2, 0) is 6.61 Å². The third-order valence-electron chi connectivity index (χ3n) is 4.02. The van der Waals surface area contributed by atoms with E-state index in [2.05, 4.69) is 11.9 Å². The number of pyridine rings is 1. The van der Waals surface area contributed by atoms with Gasteiger partial charge in [0, 0.05) is 24.8 Å². The van der Waals surface area contributed by atoms with Gasteiger partial charge in [-0.05, 0) is 24.8 Å². The summed E-state index contributed by atoms with van der Waals surface area (Å²) in [4.78, 5) is 6.08. The molecule has 1 heterocycles. The number of hydrogen-bond acceptors (Lipinski definition) is 3. The summed E-state index contributed by atoms with van der Waals surface area (Å²) in [5, 5.41) is 9.10. The Morgan fingerprint density at radius 3 is 2.83 bits per heavy atom. The molecule has 0 aliphatic heterocycles. The monoisotopic (exact) mass is 252 g/mol. The molecule has 2 atom stereocenters. The Hall–Kier alpha value is -1.16. The average molecular weight is 252 g/mol. The Bertz CT molecular complexity index is 411. The molecule has 1 fully saturated rings. The molecule has 2 rings (SSSR count). The van der Waals surface area contributed by atoms with E-state index in [0.717, 1.165) is 6.42 Å². The van der Waals surface area contributed by atoms with Gasteiger partial charge in [0.1, 0.15) is 0 Å².